The van der Waals surface area contributed by atoms with Gasteiger partial charge in [0.25, 0.3) is 10.1 Å². The third-order valence-corrected chi connectivity index (χ3v) is 7.55. The average molecular weight is 512 g/mol. The van der Waals surface area contributed by atoms with Crippen LogP contribution in [-0.2, 0) is 10.1 Å². The van der Waals surface area contributed by atoms with Gasteiger partial charge in [0.15, 0.2) is 5.75 Å². The molecule has 1 heterocycles. The third kappa shape index (κ3) is 5.22. The van der Waals surface area contributed by atoms with Crippen LogP contribution in [0.3, 0.4) is 0 Å². The molecule has 0 saturated heterocycles. The summed E-state index contributed by atoms with van der Waals surface area (Å²) in [5, 5.41) is 1.68. The molecule has 0 saturated carbocycles. The lowest BCUT2D eigenvalue weighted by molar-refractivity contribution is -0.589. The van der Waals surface area contributed by atoms with Crippen molar-refractivity contribution in [3.63, 3.8) is 0 Å². The average Bonchev–Trinajstić information content (AvgIpc) is 2.80. The lowest BCUT2D eigenvalue weighted by atomic mass is 10.1. The Morgan fingerprint density at radius 1 is 1.04 bits per heavy atom. The molecule has 0 spiro atoms. The second-order valence-electron chi connectivity index (χ2n) is 4.63. The molecule has 0 aromatic heterocycles. The van der Waals surface area contributed by atoms with Gasteiger partial charge in [-0.3, -0.25) is 4.55 Å². The minimum Gasteiger partial charge on any atom is -0.285 e. The summed E-state index contributed by atoms with van der Waals surface area (Å²) in [5.41, 5.74) is 2.43. The first-order chi connectivity index (χ1) is 11.0. The van der Waals surface area contributed by atoms with Gasteiger partial charge in [-0.1, -0.05) is 35.3 Å². The molecule has 2 aromatic rings. The topological polar surface area (TPSA) is 54.4 Å². The zero-order valence-electron chi connectivity index (χ0n) is 11.6. The number of hydrogen-bond acceptors (Lipinski definition) is 2. The summed E-state index contributed by atoms with van der Waals surface area (Å²) in [6.45, 7) is 0. The molecule has 1 aliphatic rings. The Balaban J connectivity index is 0.000000202. The molecule has 2 aromatic carbocycles. The molecule has 0 fully saturated rings. The van der Waals surface area contributed by atoms with Crippen molar-refractivity contribution in [2.45, 2.75) is 6.18 Å². The Morgan fingerprint density at radius 2 is 1.62 bits per heavy atom. The summed E-state index contributed by atoms with van der Waals surface area (Å²) in [7, 11) is -4.91. The first kappa shape index (κ1) is 19.8. The summed E-state index contributed by atoms with van der Waals surface area (Å²) in [4.78, 5) is 0. The van der Waals surface area contributed by atoms with E-state index in [9.17, 15) is 21.6 Å². The monoisotopic (exact) mass is 511 g/mol. The Morgan fingerprint density at radius 3 is 2.17 bits per heavy atom. The van der Waals surface area contributed by atoms with Gasteiger partial charge in [0.05, 0.1) is 15.6 Å². The predicted molar refractivity (Wildman–Crippen MR) is 81.8 cm³/mol. The first-order valence-electron chi connectivity index (χ1n) is 6.22. The lowest BCUT2D eigenvalue weighted by Crippen LogP contribution is -3.61. The van der Waals surface area contributed by atoms with Gasteiger partial charge < -0.3 is 0 Å². The van der Waals surface area contributed by atoms with E-state index in [0.717, 1.165) is 15.6 Å². The van der Waals surface area contributed by atoms with Gasteiger partial charge >= 0.3 is 27.4 Å². The molecule has 24 heavy (non-hydrogen) atoms. The zero-order chi connectivity index (χ0) is 18.1. The van der Waals surface area contributed by atoms with E-state index in [1.807, 2.05) is 12.1 Å². The molecular formula is C14H9Cl2F3IO3S+. The van der Waals surface area contributed by atoms with Crippen LogP contribution in [0.1, 0.15) is 0 Å². The maximum absolute atomic E-state index is 11.0. The van der Waals surface area contributed by atoms with Gasteiger partial charge in [-0.15, -0.1) is 0 Å². The standard InChI is InChI=1S/C12H6Cl2I.C2H3F3O3S/c13-8-5-6-9(14)12-11(8)7-3-1-2-4-10(7)15-12;3-2(4,5)1-9(6,7)8/h1-6H;1H2,(H,6,7,8)/q+1;. The van der Waals surface area contributed by atoms with Gasteiger partial charge in [-0.05, 0) is 24.3 Å². The number of halogens is 6. The quantitative estimate of drug-likeness (QED) is 0.306. The summed E-state index contributed by atoms with van der Waals surface area (Å²) in [6, 6.07) is 12.2. The fourth-order valence-electron chi connectivity index (χ4n) is 1.92. The first-order valence-corrected chi connectivity index (χ1v) is 10.7. The Bertz CT molecular complexity index is 870. The zero-order valence-corrected chi connectivity index (χ0v) is 16.1. The van der Waals surface area contributed by atoms with Crippen LogP contribution < -0.4 is 21.2 Å². The van der Waals surface area contributed by atoms with Crippen LogP contribution in [0.4, 0.5) is 13.2 Å². The summed E-state index contributed by atoms with van der Waals surface area (Å²) in [6.07, 6.45) is -4.85. The smallest absolute Gasteiger partial charge is 0.285 e. The molecule has 0 bridgehead atoms. The van der Waals surface area contributed by atoms with Crippen molar-refractivity contribution in [2.24, 2.45) is 0 Å². The highest BCUT2D eigenvalue weighted by atomic mass is 127. The second kappa shape index (κ2) is 7.36. The third-order valence-electron chi connectivity index (χ3n) is 2.73. The summed E-state index contributed by atoms with van der Waals surface area (Å²) in [5.74, 6) is -2.18. The fraction of sp³-hybridized carbons (Fsp3) is 0.143. The number of alkyl halides is 3. The molecule has 0 aliphatic carbocycles. The van der Waals surface area contributed by atoms with Crippen LogP contribution >= 0.6 is 23.2 Å². The van der Waals surface area contributed by atoms with Crippen LogP contribution in [0.25, 0.3) is 11.1 Å². The number of rotatable bonds is 1. The van der Waals surface area contributed by atoms with Gasteiger partial charge in [-0.25, -0.2) is 0 Å². The summed E-state index contributed by atoms with van der Waals surface area (Å²) >= 11 is 12.3. The lowest BCUT2D eigenvalue weighted by Gasteiger charge is -2.00. The largest absolute Gasteiger partial charge is 0.405 e. The Labute approximate surface area is 156 Å². The van der Waals surface area contributed by atoms with Crippen molar-refractivity contribution in [2.75, 3.05) is 5.75 Å². The van der Waals surface area contributed by atoms with Gasteiger partial charge in [0, 0.05) is 5.56 Å². The normalized spacial score (nSPS) is 12.9. The molecule has 0 atom stereocenters. The van der Waals surface area contributed by atoms with E-state index in [0.29, 0.717) is 0 Å². The van der Waals surface area contributed by atoms with Gasteiger partial charge in [-0.2, -0.15) is 21.6 Å². The predicted octanol–water partition coefficient (Wildman–Crippen LogP) is 1.54. The minimum absolute atomic E-state index is 0.152. The van der Waals surface area contributed by atoms with E-state index >= 15 is 0 Å². The minimum atomic E-state index is -4.91. The Kier molecular flexibility index (Phi) is 6.07. The molecule has 1 N–H and O–H groups in total. The van der Waals surface area contributed by atoms with E-state index in [1.165, 1.54) is 12.7 Å². The van der Waals surface area contributed by atoms with E-state index < -0.39 is 22.0 Å². The molecule has 3 rings (SSSR count). The highest BCUT2D eigenvalue weighted by Gasteiger charge is 2.37. The van der Waals surface area contributed by atoms with E-state index in [-0.39, 0.29) is 21.2 Å². The molecule has 0 amide bonds. The molecule has 10 heteroatoms. The van der Waals surface area contributed by atoms with Crippen molar-refractivity contribution < 1.29 is 47.3 Å². The molecule has 130 valence electrons. The molecular weight excluding hydrogens is 503 g/mol. The van der Waals surface area contributed by atoms with Crippen molar-refractivity contribution in [3.05, 3.63) is 53.6 Å². The number of fused-ring (bicyclic) bond motifs is 3. The highest BCUT2D eigenvalue weighted by molar-refractivity contribution is 7.85. The molecule has 0 unspecified atom stereocenters. The van der Waals surface area contributed by atoms with Crippen molar-refractivity contribution in [1.29, 1.82) is 0 Å². The van der Waals surface area contributed by atoms with Gasteiger partial charge in [0.2, 0.25) is 7.14 Å². The van der Waals surface area contributed by atoms with Crippen LogP contribution in [0, 0.1) is 7.14 Å². The molecule has 0 radical (unpaired) electrons. The Hall–Kier alpha value is -0.550. The molecule has 3 nitrogen and oxygen atoms in total. The molecule has 1 aliphatic heterocycles. The van der Waals surface area contributed by atoms with E-state index in [2.05, 4.69) is 24.3 Å². The maximum Gasteiger partial charge on any atom is 0.405 e. The van der Waals surface area contributed by atoms with E-state index in [4.69, 9.17) is 27.8 Å². The van der Waals surface area contributed by atoms with E-state index in [1.54, 1.807) is 0 Å². The fourth-order valence-corrected chi connectivity index (χ4v) is 6.15. The van der Waals surface area contributed by atoms with Crippen molar-refractivity contribution >= 4 is 33.3 Å². The second-order valence-corrected chi connectivity index (χ2v) is 9.68. The number of benzene rings is 2. The van der Waals surface area contributed by atoms with Crippen molar-refractivity contribution in [3.8, 4) is 11.1 Å². The number of hydrogen-bond donors (Lipinski definition) is 1. The van der Waals surface area contributed by atoms with Crippen LogP contribution in [0.5, 0.6) is 0 Å². The summed E-state index contributed by atoms with van der Waals surface area (Å²) < 4.78 is 62.3. The maximum atomic E-state index is 11.0. The SMILES string of the molecule is Clc1ccc(Cl)c2c1[I+]c1ccccc1-2.O=S(=O)(O)CC(F)(F)F. The van der Waals surface area contributed by atoms with Crippen LogP contribution in [0.15, 0.2) is 36.4 Å². The van der Waals surface area contributed by atoms with Crippen LogP contribution in [-0.4, -0.2) is 24.9 Å². The van der Waals surface area contributed by atoms with Crippen molar-refractivity contribution in [1.82, 2.24) is 0 Å². The van der Waals surface area contributed by atoms with Crippen LogP contribution in [0.2, 0.25) is 10.0 Å². The highest BCUT2D eigenvalue weighted by Crippen LogP contribution is 2.32. The van der Waals surface area contributed by atoms with Gasteiger partial charge in [0.1, 0.15) is 0 Å².